The number of ether oxygens (including phenoxy) is 1. The summed E-state index contributed by atoms with van der Waals surface area (Å²) in [5.74, 6) is 0.809. The van der Waals surface area contributed by atoms with Gasteiger partial charge in [-0.1, -0.05) is 12.1 Å². The Morgan fingerprint density at radius 2 is 2.04 bits per heavy atom. The summed E-state index contributed by atoms with van der Waals surface area (Å²) < 4.78 is 5.82. The summed E-state index contributed by atoms with van der Waals surface area (Å²) in [6.45, 7) is 9.96. The van der Waals surface area contributed by atoms with E-state index in [-0.39, 0.29) is 5.91 Å². The molecule has 1 amide bonds. The summed E-state index contributed by atoms with van der Waals surface area (Å²) in [5.41, 5.74) is 2.25. The molecule has 1 aliphatic heterocycles. The van der Waals surface area contributed by atoms with E-state index < -0.39 is 6.10 Å². The first-order valence-electron chi connectivity index (χ1n) is 8.67. The van der Waals surface area contributed by atoms with Gasteiger partial charge in [0.25, 0.3) is 5.91 Å². The highest BCUT2D eigenvalue weighted by Crippen LogP contribution is 2.16. The van der Waals surface area contributed by atoms with E-state index in [2.05, 4.69) is 15.3 Å². The molecule has 2 heterocycles. The van der Waals surface area contributed by atoms with Crippen molar-refractivity contribution in [3.63, 3.8) is 0 Å². The van der Waals surface area contributed by atoms with Gasteiger partial charge in [0.2, 0.25) is 0 Å². The van der Waals surface area contributed by atoms with Gasteiger partial charge in [0.15, 0.2) is 6.10 Å². The topological polar surface area (TPSA) is 45.7 Å². The first-order valence-corrected chi connectivity index (χ1v) is 9.55. The first-order chi connectivity index (χ1) is 12.0. The molecule has 3 rings (SSSR count). The maximum Gasteiger partial charge on any atom is 0.263 e. The van der Waals surface area contributed by atoms with Crippen molar-refractivity contribution < 1.29 is 9.53 Å². The minimum Gasteiger partial charge on any atom is -0.481 e. The number of hydrogen-bond acceptors (Lipinski definition) is 5. The van der Waals surface area contributed by atoms with Gasteiger partial charge in [-0.15, -0.1) is 11.3 Å². The van der Waals surface area contributed by atoms with Gasteiger partial charge in [0, 0.05) is 38.1 Å². The molecule has 0 N–H and O–H groups in total. The van der Waals surface area contributed by atoms with E-state index in [1.807, 2.05) is 49.9 Å². The Balaban J connectivity index is 1.49. The van der Waals surface area contributed by atoms with Gasteiger partial charge >= 0.3 is 0 Å². The molecule has 0 saturated carbocycles. The van der Waals surface area contributed by atoms with Crippen LogP contribution in [0.15, 0.2) is 29.6 Å². The van der Waals surface area contributed by atoms with Crippen LogP contribution in [-0.4, -0.2) is 53.0 Å². The summed E-state index contributed by atoms with van der Waals surface area (Å²) in [5, 5.41) is 3.22. The summed E-state index contributed by atoms with van der Waals surface area (Å²) in [7, 11) is 0. The van der Waals surface area contributed by atoms with Crippen molar-refractivity contribution >= 4 is 17.2 Å². The fourth-order valence-electron chi connectivity index (χ4n) is 3.04. The number of piperazine rings is 1. The molecule has 1 unspecified atom stereocenters. The van der Waals surface area contributed by atoms with Gasteiger partial charge < -0.3 is 9.64 Å². The number of aryl methyl sites for hydroxylation is 2. The van der Waals surface area contributed by atoms with E-state index in [1.165, 1.54) is 0 Å². The lowest BCUT2D eigenvalue weighted by Gasteiger charge is -2.35. The van der Waals surface area contributed by atoms with E-state index in [1.54, 1.807) is 11.3 Å². The maximum absolute atomic E-state index is 12.6. The molecular formula is C19H25N3O2S. The van der Waals surface area contributed by atoms with Crippen LogP contribution >= 0.6 is 11.3 Å². The number of thiazole rings is 1. The van der Waals surface area contributed by atoms with E-state index in [0.29, 0.717) is 0 Å². The molecule has 0 radical (unpaired) electrons. The Labute approximate surface area is 153 Å². The third kappa shape index (κ3) is 4.80. The van der Waals surface area contributed by atoms with Crippen molar-refractivity contribution in [3.8, 4) is 5.75 Å². The molecule has 6 heteroatoms. The maximum atomic E-state index is 12.6. The summed E-state index contributed by atoms with van der Waals surface area (Å²) >= 11 is 1.69. The molecule has 1 fully saturated rings. The summed E-state index contributed by atoms with van der Waals surface area (Å²) in [6, 6.07) is 7.81. The zero-order chi connectivity index (χ0) is 17.8. The van der Waals surface area contributed by atoms with Gasteiger partial charge in [-0.05, 0) is 38.5 Å². The van der Waals surface area contributed by atoms with Crippen LogP contribution in [-0.2, 0) is 11.3 Å². The number of amides is 1. The average molecular weight is 359 g/mol. The SMILES string of the molecule is Cc1cccc(OC(C)C(=O)N2CCN(Cc3csc(C)n3)CC2)c1. The minimum atomic E-state index is -0.463. The summed E-state index contributed by atoms with van der Waals surface area (Å²) in [4.78, 5) is 21.4. The second-order valence-electron chi connectivity index (χ2n) is 6.54. The van der Waals surface area contributed by atoms with Crippen LogP contribution in [0.1, 0.15) is 23.2 Å². The van der Waals surface area contributed by atoms with Crippen LogP contribution in [0.3, 0.4) is 0 Å². The number of hydrogen-bond donors (Lipinski definition) is 0. The standard InChI is InChI=1S/C19H25N3O2S/c1-14-5-4-6-18(11-14)24-15(2)19(23)22-9-7-21(8-10-22)12-17-13-25-16(3)20-17/h4-6,11,13,15H,7-10,12H2,1-3H3. The number of benzene rings is 1. The van der Waals surface area contributed by atoms with Crippen molar-refractivity contribution in [1.82, 2.24) is 14.8 Å². The van der Waals surface area contributed by atoms with Crippen molar-refractivity contribution in [2.75, 3.05) is 26.2 Å². The third-order valence-electron chi connectivity index (χ3n) is 4.39. The number of nitrogens with zero attached hydrogens (tertiary/aromatic N) is 3. The number of carbonyl (C=O) groups excluding carboxylic acids is 1. The highest BCUT2D eigenvalue weighted by molar-refractivity contribution is 7.09. The molecule has 2 aromatic rings. The lowest BCUT2D eigenvalue weighted by atomic mass is 10.2. The Morgan fingerprint density at radius 3 is 2.68 bits per heavy atom. The lowest BCUT2D eigenvalue weighted by molar-refractivity contribution is -0.139. The quantitative estimate of drug-likeness (QED) is 0.823. The van der Waals surface area contributed by atoms with Gasteiger partial charge in [0.05, 0.1) is 10.7 Å². The predicted octanol–water partition coefficient (Wildman–Crippen LogP) is 2.87. The fraction of sp³-hybridized carbons (Fsp3) is 0.474. The van der Waals surface area contributed by atoms with Gasteiger partial charge in [0.1, 0.15) is 5.75 Å². The molecule has 1 atom stereocenters. The molecule has 0 aliphatic carbocycles. The van der Waals surface area contributed by atoms with E-state index in [0.717, 1.165) is 54.7 Å². The Kier molecular flexibility index (Phi) is 5.71. The summed E-state index contributed by atoms with van der Waals surface area (Å²) in [6.07, 6.45) is -0.463. The molecule has 1 saturated heterocycles. The molecule has 1 aromatic heterocycles. The van der Waals surface area contributed by atoms with E-state index in [4.69, 9.17) is 4.74 Å². The van der Waals surface area contributed by atoms with E-state index >= 15 is 0 Å². The number of aromatic nitrogens is 1. The monoisotopic (exact) mass is 359 g/mol. The molecular weight excluding hydrogens is 334 g/mol. The van der Waals surface area contributed by atoms with Crippen molar-refractivity contribution in [2.24, 2.45) is 0 Å². The molecule has 5 nitrogen and oxygen atoms in total. The first kappa shape index (κ1) is 17.9. The number of carbonyl (C=O) groups is 1. The predicted molar refractivity (Wildman–Crippen MR) is 100.0 cm³/mol. The normalized spacial score (nSPS) is 16.7. The van der Waals surface area contributed by atoms with Crippen LogP contribution in [0.4, 0.5) is 0 Å². The molecule has 1 aliphatic rings. The highest BCUT2D eigenvalue weighted by Gasteiger charge is 2.26. The third-order valence-corrected chi connectivity index (χ3v) is 5.21. The second-order valence-corrected chi connectivity index (χ2v) is 7.60. The lowest BCUT2D eigenvalue weighted by Crippen LogP contribution is -2.51. The van der Waals surface area contributed by atoms with Crippen LogP contribution < -0.4 is 4.74 Å². The molecule has 25 heavy (non-hydrogen) atoms. The molecule has 0 spiro atoms. The second kappa shape index (κ2) is 7.97. The van der Waals surface area contributed by atoms with Crippen molar-refractivity contribution in [1.29, 1.82) is 0 Å². The van der Waals surface area contributed by atoms with Crippen LogP contribution in [0.5, 0.6) is 5.75 Å². The minimum absolute atomic E-state index is 0.0608. The highest BCUT2D eigenvalue weighted by atomic mass is 32.1. The van der Waals surface area contributed by atoms with Crippen molar-refractivity contribution in [3.05, 3.63) is 45.9 Å². The van der Waals surface area contributed by atoms with Crippen LogP contribution in [0, 0.1) is 13.8 Å². The van der Waals surface area contributed by atoms with Gasteiger partial charge in [-0.3, -0.25) is 9.69 Å². The van der Waals surface area contributed by atoms with E-state index in [9.17, 15) is 4.79 Å². The van der Waals surface area contributed by atoms with Gasteiger partial charge in [-0.2, -0.15) is 0 Å². The Hall–Kier alpha value is -1.92. The Bertz CT molecular complexity index is 723. The van der Waals surface area contributed by atoms with Crippen molar-refractivity contribution in [2.45, 2.75) is 33.4 Å². The fourth-order valence-corrected chi connectivity index (χ4v) is 3.64. The molecule has 134 valence electrons. The van der Waals surface area contributed by atoms with Crippen LogP contribution in [0.2, 0.25) is 0 Å². The number of rotatable bonds is 5. The largest absolute Gasteiger partial charge is 0.481 e. The zero-order valence-electron chi connectivity index (χ0n) is 15.1. The average Bonchev–Trinajstić information content (AvgIpc) is 3.00. The van der Waals surface area contributed by atoms with Crippen LogP contribution in [0.25, 0.3) is 0 Å². The zero-order valence-corrected chi connectivity index (χ0v) is 15.9. The van der Waals surface area contributed by atoms with Gasteiger partial charge in [-0.25, -0.2) is 4.98 Å². The molecule has 0 bridgehead atoms. The Morgan fingerprint density at radius 1 is 1.28 bits per heavy atom. The smallest absolute Gasteiger partial charge is 0.263 e. The molecule has 1 aromatic carbocycles.